The summed E-state index contributed by atoms with van der Waals surface area (Å²) in [5.41, 5.74) is 0.174. The predicted molar refractivity (Wildman–Crippen MR) is 85.4 cm³/mol. The number of benzene rings is 1. The summed E-state index contributed by atoms with van der Waals surface area (Å²) in [5.74, 6) is -1.20. The van der Waals surface area contributed by atoms with Crippen LogP contribution in [-0.2, 0) is 9.53 Å². The van der Waals surface area contributed by atoms with Crippen molar-refractivity contribution < 1.29 is 19.2 Å². The van der Waals surface area contributed by atoms with Crippen LogP contribution < -0.4 is 10.6 Å². The first-order valence-corrected chi connectivity index (χ1v) is 7.31. The molecule has 0 fully saturated rings. The fourth-order valence-electron chi connectivity index (χ4n) is 2.06. The van der Waals surface area contributed by atoms with E-state index in [4.69, 9.17) is 4.74 Å². The van der Waals surface area contributed by atoms with Crippen LogP contribution in [0.2, 0.25) is 0 Å². The number of amides is 1. The standard InChI is InChI=1S/C15H21N3O5/c1-4-5-10(2)17-14(19)9-23-15(20)12-8-11(18(21)22)6-7-13(12)16-3/h6-8,10,16H,4-5,9H2,1-3H3,(H,17,19)/t10-/m1/s1. The Balaban J connectivity index is 2.72. The highest BCUT2D eigenvalue weighted by molar-refractivity contribution is 5.97. The Morgan fingerprint density at radius 2 is 2.09 bits per heavy atom. The molecule has 0 aromatic heterocycles. The van der Waals surface area contributed by atoms with Crippen molar-refractivity contribution in [2.24, 2.45) is 0 Å². The van der Waals surface area contributed by atoms with Crippen molar-refractivity contribution in [1.82, 2.24) is 5.32 Å². The molecule has 0 saturated heterocycles. The molecule has 0 aliphatic carbocycles. The molecule has 8 nitrogen and oxygen atoms in total. The average molecular weight is 323 g/mol. The molecule has 1 aromatic carbocycles. The number of carbonyl (C=O) groups excluding carboxylic acids is 2. The van der Waals surface area contributed by atoms with Gasteiger partial charge in [-0.05, 0) is 19.4 Å². The maximum Gasteiger partial charge on any atom is 0.341 e. The fraction of sp³-hybridized carbons (Fsp3) is 0.467. The lowest BCUT2D eigenvalue weighted by atomic mass is 10.1. The summed E-state index contributed by atoms with van der Waals surface area (Å²) >= 11 is 0. The average Bonchev–Trinajstić information content (AvgIpc) is 2.52. The van der Waals surface area contributed by atoms with Gasteiger partial charge in [-0.2, -0.15) is 0 Å². The SMILES string of the molecule is CCC[C@@H](C)NC(=O)COC(=O)c1cc([N+](=O)[O-])ccc1NC. The van der Waals surface area contributed by atoms with E-state index in [0.717, 1.165) is 18.9 Å². The lowest BCUT2D eigenvalue weighted by molar-refractivity contribution is -0.384. The van der Waals surface area contributed by atoms with Gasteiger partial charge in [0.05, 0.1) is 10.5 Å². The van der Waals surface area contributed by atoms with Crippen LogP contribution >= 0.6 is 0 Å². The molecule has 0 unspecified atom stereocenters. The number of anilines is 1. The van der Waals surface area contributed by atoms with Crippen LogP contribution in [0.4, 0.5) is 11.4 Å². The van der Waals surface area contributed by atoms with Crippen LogP contribution in [-0.4, -0.2) is 36.5 Å². The van der Waals surface area contributed by atoms with Gasteiger partial charge in [-0.25, -0.2) is 4.79 Å². The van der Waals surface area contributed by atoms with Crippen LogP contribution in [0.5, 0.6) is 0 Å². The summed E-state index contributed by atoms with van der Waals surface area (Å²) in [6.45, 7) is 3.44. The van der Waals surface area contributed by atoms with Gasteiger partial charge in [0.15, 0.2) is 6.61 Å². The first kappa shape index (κ1) is 18.4. The van der Waals surface area contributed by atoms with Gasteiger partial charge in [0.2, 0.25) is 0 Å². The van der Waals surface area contributed by atoms with Gasteiger partial charge in [0.25, 0.3) is 11.6 Å². The van der Waals surface area contributed by atoms with Gasteiger partial charge in [0.1, 0.15) is 0 Å². The molecule has 1 atom stereocenters. The largest absolute Gasteiger partial charge is 0.452 e. The maximum absolute atomic E-state index is 12.1. The highest BCUT2D eigenvalue weighted by Crippen LogP contribution is 2.22. The number of nitro benzene ring substituents is 1. The molecule has 23 heavy (non-hydrogen) atoms. The number of rotatable bonds is 8. The van der Waals surface area contributed by atoms with Crippen molar-refractivity contribution in [2.75, 3.05) is 19.0 Å². The van der Waals surface area contributed by atoms with E-state index in [-0.39, 0.29) is 17.3 Å². The number of esters is 1. The van der Waals surface area contributed by atoms with Crippen LogP contribution in [0.15, 0.2) is 18.2 Å². The molecule has 0 aliphatic rings. The van der Waals surface area contributed by atoms with Crippen molar-refractivity contribution in [3.05, 3.63) is 33.9 Å². The van der Waals surface area contributed by atoms with Gasteiger partial charge in [-0.15, -0.1) is 0 Å². The molecular weight excluding hydrogens is 302 g/mol. The zero-order valence-corrected chi connectivity index (χ0v) is 13.4. The normalized spacial score (nSPS) is 11.4. The van der Waals surface area contributed by atoms with E-state index in [9.17, 15) is 19.7 Å². The lowest BCUT2D eigenvalue weighted by Gasteiger charge is -2.13. The summed E-state index contributed by atoms with van der Waals surface area (Å²) in [6.07, 6.45) is 1.76. The molecule has 1 rings (SSSR count). The van der Waals surface area contributed by atoms with Crippen molar-refractivity contribution in [3.63, 3.8) is 0 Å². The molecule has 1 amide bonds. The van der Waals surface area contributed by atoms with E-state index in [0.29, 0.717) is 5.69 Å². The van der Waals surface area contributed by atoms with E-state index >= 15 is 0 Å². The third-order valence-corrected chi connectivity index (χ3v) is 3.17. The Bertz CT molecular complexity index is 588. The minimum atomic E-state index is -0.795. The van der Waals surface area contributed by atoms with E-state index in [1.54, 1.807) is 7.05 Å². The van der Waals surface area contributed by atoms with Crippen molar-refractivity contribution in [3.8, 4) is 0 Å². The Hall–Kier alpha value is -2.64. The Labute approximate surface area is 134 Å². The summed E-state index contributed by atoms with van der Waals surface area (Å²) in [7, 11) is 1.58. The zero-order valence-electron chi connectivity index (χ0n) is 13.4. The van der Waals surface area contributed by atoms with Gasteiger partial charge >= 0.3 is 5.97 Å². The first-order valence-electron chi connectivity index (χ1n) is 7.31. The minimum Gasteiger partial charge on any atom is -0.452 e. The highest BCUT2D eigenvalue weighted by Gasteiger charge is 2.18. The van der Waals surface area contributed by atoms with Gasteiger partial charge in [-0.1, -0.05) is 13.3 Å². The van der Waals surface area contributed by atoms with E-state index < -0.39 is 23.4 Å². The number of ether oxygens (including phenoxy) is 1. The molecule has 1 aromatic rings. The first-order chi connectivity index (χ1) is 10.9. The Morgan fingerprint density at radius 3 is 2.65 bits per heavy atom. The Morgan fingerprint density at radius 1 is 1.39 bits per heavy atom. The monoisotopic (exact) mass is 323 g/mol. The summed E-state index contributed by atoms with van der Waals surface area (Å²) in [5, 5.41) is 16.3. The molecule has 0 aliphatic heterocycles. The molecule has 0 heterocycles. The van der Waals surface area contributed by atoms with Gasteiger partial charge in [0, 0.05) is 30.9 Å². The quantitative estimate of drug-likeness (QED) is 0.430. The van der Waals surface area contributed by atoms with Gasteiger partial charge in [-0.3, -0.25) is 14.9 Å². The molecule has 0 radical (unpaired) electrons. The second-order valence-corrected chi connectivity index (χ2v) is 5.07. The number of nitro groups is 1. The Kier molecular flexibility index (Phi) is 6.98. The lowest BCUT2D eigenvalue weighted by Crippen LogP contribution is -2.35. The molecular formula is C15H21N3O5. The molecule has 126 valence electrons. The topological polar surface area (TPSA) is 111 Å². The van der Waals surface area contributed by atoms with Crippen LogP contribution in [0.25, 0.3) is 0 Å². The zero-order chi connectivity index (χ0) is 17.4. The van der Waals surface area contributed by atoms with Crippen LogP contribution in [0, 0.1) is 10.1 Å². The number of non-ortho nitro benzene ring substituents is 1. The number of hydrogen-bond acceptors (Lipinski definition) is 6. The molecule has 0 spiro atoms. The number of nitrogens with zero attached hydrogens (tertiary/aromatic N) is 1. The maximum atomic E-state index is 12.1. The second kappa shape index (κ2) is 8.72. The molecule has 0 bridgehead atoms. The summed E-state index contributed by atoms with van der Waals surface area (Å²) in [4.78, 5) is 33.9. The number of hydrogen-bond donors (Lipinski definition) is 2. The second-order valence-electron chi connectivity index (χ2n) is 5.07. The third-order valence-electron chi connectivity index (χ3n) is 3.17. The smallest absolute Gasteiger partial charge is 0.341 e. The summed E-state index contributed by atoms with van der Waals surface area (Å²) < 4.78 is 4.93. The molecule has 2 N–H and O–H groups in total. The van der Waals surface area contributed by atoms with E-state index in [1.807, 2.05) is 13.8 Å². The van der Waals surface area contributed by atoms with E-state index in [1.165, 1.54) is 12.1 Å². The van der Waals surface area contributed by atoms with Gasteiger partial charge < -0.3 is 15.4 Å². The van der Waals surface area contributed by atoms with Crippen LogP contribution in [0.3, 0.4) is 0 Å². The van der Waals surface area contributed by atoms with Crippen LogP contribution in [0.1, 0.15) is 37.0 Å². The predicted octanol–water partition coefficient (Wildman–Crippen LogP) is 2.10. The number of carbonyl (C=O) groups is 2. The fourth-order valence-corrected chi connectivity index (χ4v) is 2.06. The molecule has 8 heteroatoms. The third kappa shape index (κ3) is 5.57. The minimum absolute atomic E-state index is 0.00289. The number of nitrogens with one attached hydrogen (secondary N) is 2. The molecule has 0 saturated carbocycles. The van der Waals surface area contributed by atoms with Crippen molar-refractivity contribution >= 4 is 23.3 Å². The van der Waals surface area contributed by atoms with E-state index in [2.05, 4.69) is 10.6 Å². The van der Waals surface area contributed by atoms with Crippen molar-refractivity contribution in [1.29, 1.82) is 0 Å². The summed E-state index contributed by atoms with van der Waals surface area (Å²) in [6, 6.07) is 3.81. The highest BCUT2D eigenvalue weighted by atomic mass is 16.6. The van der Waals surface area contributed by atoms with Crippen molar-refractivity contribution in [2.45, 2.75) is 32.7 Å².